The van der Waals surface area contributed by atoms with Crippen LogP contribution in [-0.2, 0) is 13.1 Å². The van der Waals surface area contributed by atoms with E-state index in [0.29, 0.717) is 19.0 Å². The van der Waals surface area contributed by atoms with Crippen molar-refractivity contribution in [1.29, 1.82) is 0 Å². The fraction of sp³-hybridized carbons (Fsp3) is 0.444. The highest BCUT2D eigenvalue weighted by Gasteiger charge is 2.05. The number of thiophene rings is 1. The zero-order chi connectivity index (χ0) is 17.2. The molecule has 2 N–H and O–H groups in total. The summed E-state index contributed by atoms with van der Waals surface area (Å²) in [6.07, 6.45) is 2.71. The second kappa shape index (κ2) is 9.93. The molecule has 0 fully saturated rings. The molecule has 0 unspecified atom stereocenters. The van der Waals surface area contributed by atoms with Gasteiger partial charge in [0.2, 0.25) is 5.88 Å². The van der Waals surface area contributed by atoms with Crippen molar-refractivity contribution >= 4 is 17.3 Å². The Hall–Kier alpha value is -2.08. The maximum Gasteiger partial charge on any atom is 0.218 e. The highest BCUT2D eigenvalue weighted by molar-refractivity contribution is 7.11. The van der Waals surface area contributed by atoms with Crippen molar-refractivity contribution in [3.63, 3.8) is 0 Å². The van der Waals surface area contributed by atoms with Crippen LogP contribution in [0.15, 0.2) is 35.5 Å². The molecule has 0 saturated heterocycles. The summed E-state index contributed by atoms with van der Waals surface area (Å²) in [5.41, 5.74) is 0.995. The number of ether oxygens (including phenoxy) is 1. The first-order valence-corrected chi connectivity index (χ1v) is 9.18. The molecule has 2 heterocycles. The van der Waals surface area contributed by atoms with Crippen LogP contribution in [0.3, 0.4) is 0 Å². The standard InChI is InChI=1S/C18H26N4OS/c1-4-11-23-17-15(7-6-10-20-17)12-21-18(19-5-2)22-13-16-9-8-14(3)24-16/h6-10H,4-5,11-13H2,1-3H3,(H2,19,21,22). The summed E-state index contributed by atoms with van der Waals surface area (Å²) >= 11 is 1.80. The van der Waals surface area contributed by atoms with Crippen molar-refractivity contribution in [1.82, 2.24) is 15.6 Å². The van der Waals surface area contributed by atoms with Gasteiger partial charge in [-0.25, -0.2) is 9.98 Å². The summed E-state index contributed by atoms with van der Waals surface area (Å²) in [4.78, 5) is 11.6. The minimum Gasteiger partial charge on any atom is -0.477 e. The molecule has 0 aliphatic heterocycles. The van der Waals surface area contributed by atoms with Gasteiger partial charge in [-0.2, -0.15) is 0 Å². The van der Waals surface area contributed by atoms with Crippen LogP contribution < -0.4 is 15.4 Å². The predicted molar refractivity (Wildman–Crippen MR) is 101 cm³/mol. The predicted octanol–water partition coefficient (Wildman–Crippen LogP) is 3.50. The van der Waals surface area contributed by atoms with Gasteiger partial charge in [0.05, 0.1) is 19.7 Å². The highest BCUT2D eigenvalue weighted by Crippen LogP contribution is 2.16. The van der Waals surface area contributed by atoms with Crippen LogP contribution in [0.1, 0.15) is 35.6 Å². The van der Waals surface area contributed by atoms with Crippen molar-refractivity contribution in [2.24, 2.45) is 4.99 Å². The molecule has 2 aromatic rings. The van der Waals surface area contributed by atoms with E-state index in [2.05, 4.69) is 53.5 Å². The molecule has 0 spiro atoms. The largest absolute Gasteiger partial charge is 0.477 e. The molecule has 0 aliphatic carbocycles. The number of aryl methyl sites for hydroxylation is 1. The summed E-state index contributed by atoms with van der Waals surface area (Å²) in [6, 6.07) is 8.21. The zero-order valence-corrected chi connectivity index (χ0v) is 15.4. The topological polar surface area (TPSA) is 58.5 Å². The normalized spacial score (nSPS) is 11.4. The van der Waals surface area contributed by atoms with E-state index >= 15 is 0 Å². The number of guanidine groups is 1. The summed E-state index contributed by atoms with van der Waals surface area (Å²) in [6.45, 7) is 9.06. The number of nitrogens with zero attached hydrogens (tertiary/aromatic N) is 2. The number of aromatic nitrogens is 1. The van der Waals surface area contributed by atoms with Gasteiger partial charge in [0.1, 0.15) is 0 Å². The Balaban J connectivity index is 1.99. The van der Waals surface area contributed by atoms with Crippen molar-refractivity contribution in [3.8, 4) is 5.88 Å². The summed E-state index contributed by atoms with van der Waals surface area (Å²) in [7, 11) is 0. The number of pyridine rings is 1. The first-order valence-electron chi connectivity index (χ1n) is 8.37. The molecule has 2 aromatic heterocycles. The second-order valence-electron chi connectivity index (χ2n) is 5.38. The molecule has 0 amide bonds. The van der Waals surface area contributed by atoms with Crippen LogP contribution in [0.25, 0.3) is 0 Å². The van der Waals surface area contributed by atoms with Crippen LogP contribution >= 0.6 is 11.3 Å². The van der Waals surface area contributed by atoms with Gasteiger partial charge < -0.3 is 15.4 Å². The first-order chi connectivity index (χ1) is 11.7. The smallest absolute Gasteiger partial charge is 0.218 e. The van der Waals surface area contributed by atoms with Gasteiger partial charge in [-0.3, -0.25) is 0 Å². The molecular weight excluding hydrogens is 320 g/mol. The first kappa shape index (κ1) is 18.3. The molecule has 0 radical (unpaired) electrons. The Morgan fingerprint density at radius 3 is 2.83 bits per heavy atom. The fourth-order valence-electron chi connectivity index (χ4n) is 2.13. The third-order valence-electron chi connectivity index (χ3n) is 3.27. The van der Waals surface area contributed by atoms with Crippen molar-refractivity contribution in [2.45, 2.75) is 40.3 Å². The lowest BCUT2D eigenvalue weighted by Crippen LogP contribution is -2.36. The lowest BCUT2D eigenvalue weighted by atomic mass is 10.3. The van der Waals surface area contributed by atoms with Crippen LogP contribution in [0, 0.1) is 6.92 Å². The van der Waals surface area contributed by atoms with E-state index in [9.17, 15) is 0 Å². The summed E-state index contributed by atoms with van der Waals surface area (Å²) < 4.78 is 5.69. The minimum atomic E-state index is 0.533. The second-order valence-corrected chi connectivity index (χ2v) is 6.75. The van der Waals surface area contributed by atoms with Crippen molar-refractivity contribution in [2.75, 3.05) is 13.2 Å². The van der Waals surface area contributed by atoms with E-state index in [1.165, 1.54) is 9.75 Å². The minimum absolute atomic E-state index is 0.533. The molecule has 6 heteroatoms. The lowest BCUT2D eigenvalue weighted by Gasteiger charge is -2.12. The van der Waals surface area contributed by atoms with Gasteiger partial charge in [0, 0.05) is 28.1 Å². The highest BCUT2D eigenvalue weighted by atomic mass is 32.1. The number of nitrogens with one attached hydrogen (secondary N) is 2. The van der Waals surface area contributed by atoms with E-state index in [4.69, 9.17) is 4.74 Å². The Bertz CT molecular complexity index is 654. The van der Waals surface area contributed by atoms with E-state index in [0.717, 1.165) is 31.0 Å². The van der Waals surface area contributed by atoms with Crippen LogP contribution in [0.4, 0.5) is 0 Å². The lowest BCUT2D eigenvalue weighted by molar-refractivity contribution is 0.302. The Morgan fingerprint density at radius 2 is 2.12 bits per heavy atom. The average Bonchev–Trinajstić information content (AvgIpc) is 3.01. The maximum absolute atomic E-state index is 5.69. The van der Waals surface area contributed by atoms with E-state index in [1.807, 2.05) is 12.1 Å². The molecule has 5 nitrogen and oxygen atoms in total. The number of rotatable bonds is 8. The molecule has 130 valence electrons. The van der Waals surface area contributed by atoms with Crippen LogP contribution in [0.5, 0.6) is 5.88 Å². The molecule has 0 aliphatic rings. The summed E-state index contributed by atoms with van der Waals surface area (Å²) in [5, 5.41) is 6.65. The Kier molecular flexibility index (Phi) is 7.55. The zero-order valence-electron chi connectivity index (χ0n) is 14.6. The molecule has 0 bridgehead atoms. The van der Waals surface area contributed by atoms with E-state index < -0.39 is 0 Å². The molecule has 0 atom stereocenters. The van der Waals surface area contributed by atoms with E-state index in [-0.39, 0.29) is 0 Å². The molecular formula is C18H26N4OS. The Morgan fingerprint density at radius 1 is 1.25 bits per heavy atom. The third kappa shape index (κ3) is 5.85. The van der Waals surface area contributed by atoms with Gasteiger partial charge in [-0.15, -0.1) is 11.3 Å². The van der Waals surface area contributed by atoms with Crippen LogP contribution in [0.2, 0.25) is 0 Å². The molecule has 0 saturated carbocycles. The van der Waals surface area contributed by atoms with Crippen molar-refractivity contribution < 1.29 is 4.74 Å². The average molecular weight is 347 g/mol. The SMILES string of the molecule is CCCOc1ncccc1CN=C(NCC)NCc1ccc(C)s1. The molecule has 0 aromatic carbocycles. The van der Waals surface area contributed by atoms with Crippen LogP contribution in [-0.4, -0.2) is 24.1 Å². The monoisotopic (exact) mass is 346 g/mol. The Labute approximate surface area is 148 Å². The number of aliphatic imine (C=N–C) groups is 1. The fourth-order valence-corrected chi connectivity index (χ4v) is 2.96. The van der Waals surface area contributed by atoms with Crippen molar-refractivity contribution in [3.05, 3.63) is 45.8 Å². The maximum atomic E-state index is 5.69. The van der Waals surface area contributed by atoms with Gasteiger partial charge in [0.25, 0.3) is 0 Å². The molecule has 24 heavy (non-hydrogen) atoms. The van der Waals surface area contributed by atoms with Gasteiger partial charge in [0.15, 0.2) is 5.96 Å². The third-order valence-corrected chi connectivity index (χ3v) is 4.27. The quantitative estimate of drug-likeness (QED) is 0.567. The summed E-state index contributed by atoms with van der Waals surface area (Å²) in [5.74, 6) is 1.47. The van der Waals surface area contributed by atoms with E-state index in [1.54, 1.807) is 17.5 Å². The van der Waals surface area contributed by atoms with Gasteiger partial charge in [-0.05, 0) is 38.5 Å². The number of hydrogen-bond acceptors (Lipinski definition) is 4. The number of hydrogen-bond donors (Lipinski definition) is 2. The molecule has 2 rings (SSSR count). The van der Waals surface area contributed by atoms with Gasteiger partial charge in [-0.1, -0.05) is 13.0 Å². The van der Waals surface area contributed by atoms with Gasteiger partial charge >= 0.3 is 0 Å².